The number of nitrogens with one attached hydrogen (secondary N) is 1. The molecule has 0 bridgehead atoms. The lowest BCUT2D eigenvalue weighted by molar-refractivity contribution is -0.126. The molecule has 0 saturated heterocycles. The highest BCUT2D eigenvalue weighted by Crippen LogP contribution is 2.54. The van der Waals surface area contributed by atoms with Gasteiger partial charge in [-0.15, -0.1) is 0 Å². The summed E-state index contributed by atoms with van der Waals surface area (Å²) in [6.45, 7) is -0.0191. The summed E-state index contributed by atoms with van der Waals surface area (Å²) in [5.74, 6) is 0.903. The first-order valence-electron chi connectivity index (χ1n) is 5.76. The van der Waals surface area contributed by atoms with Crippen LogP contribution < -0.4 is 11.1 Å². The number of rotatable bonds is 3. The van der Waals surface area contributed by atoms with E-state index in [9.17, 15) is 9.59 Å². The second kappa shape index (κ2) is 4.21. The maximum absolute atomic E-state index is 11.7. The van der Waals surface area contributed by atoms with Crippen LogP contribution in [-0.2, 0) is 9.59 Å². The Bertz CT molecular complexity index is 266. The Labute approximate surface area is 89.6 Å². The minimum atomic E-state index is -0.468. The topological polar surface area (TPSA) is 72.2 Å². The third-order valence-electron chi connectivity index (χ3n) is 3.65. The van der Waals surface area contributed by atoms with Crippen molar-refractivity contribution in [1.29, 1.82) is 0 Å². The molecule has 2 aliphatic rings. The van der Waals surface area contributed by atoms with E-state index in [4.69, 9.17) is 5.73 Å². The number of amides is 2. The normalized spacial score (nSPS) is 33.7. The Hall–Kier alpha value is -1.06. The first-order chi connectivity index (χ1) is 7.20. The van der Waals surface area contributed by atoms with Crippen LogP contribution in [0.1, 0.15) is 32.1 Å². The summed E-state index contributed by atoms with van der Waals surface area (Å²) in [6.07, 6.45) is 6.17. The van der Waals surface area contributed by atoms with E-state index in [2.05, 4.69) is 5.32 Å². The van der Waals surface area contributed by atoms with Gasteiger partial charge in [-0.3, -0.25) is 9.59 Å². The second-order valence-electron chi connectivity index (χ2n) is 4.68. The number of nitrogens with two attached hydrogens (primary N) is 1. The Morgan fingerprint density at radius 2 is 1.73 bits per heavy atom. The Kier molecular flexibility index (Phi) is 2.93. The molecule has 2 saturated carbocycles. The molecule has 0 aliphatic heterocycles. The van der Waals surface area contributed by atoms with Gasteiger partial charge in [-0.25, -0.2) is 0 Å². The summed E-state index contributed by atoms with van der Waals surface area (Å²) in [4.78, 5) is 22.2. The van der Waals surface area contributed by atoms with Crippen LogP contribution in [0.4, 0.5) is 0 Å². The van der Waals surface area contributed by atoms with Gasteiger partial charge in [-0.05, 0) is 24.7 Å². The van der Waals surface area contributed by atoms with E-state index in [1.807, 2.05) is 0 Å². The molecule has 2 unspecified atom stereocenters. The zero-order chi connectivity index (χ0) is 10.8. The quantitative estimate of drug-likeness (QED) is 0.708. The molecular formula is C11H18N2O2. The number of hydrogen-bond donors (Lipinski definition) is 2. The van der Waals surface area contributed by atoms with Gasteiger partial charge in [0, 0.05) is 5.92 Å². The zero-order valence-electron chi connectivity index (χ0n) is 8.87. The van der Waals surface area contributed by atoms with Crippen LogP contribution in [0.25, 0.3) is 0 Å². The number of carbonyl (C=O) groups excluding carboxylic acids is 2. The van der Waals surface area contributed by atoms with Crippen LogP contribution in [0.2, 0.25) is 0 Å². The van der Waals surface area contributed by atoms with Crippen molar-refractivity contribution in [2.24, 2.45) is 23.5 Å². The van der Waals surface area contributed by atoms with Crippen molar-refractivity contribution in [3.8, 4) is 0 Å². The molecule has 0 aromatic rings. The lowest BCUT2D eigenvalue weighted by atomic mass is 10.1. The number of hydrogen-bond acceptors (Lipinski definition) is 2. The van der Waals surface area contributed by atoms with Crippen LogP contribution in [0.5, 0.6) is 0 Å². The van der Waals surface area contributed by atoms with E-state index in [1.54, 1.807) is 0 Å². The lowest BCUT2D eigenvalue weighted by Gasteiger charge is -2.03. The molecule has 84 valence electrons. The lowest BCUT2D eigenvalue weighted by Crippen LogP contribution is -2.34. The van der Waals surface area contributed by atoms with Gasteiger partial charge >= 0.3 is 0 Å². The van der Waals surface area contributed by atoms with Crippen molar-refractivity contribution in [3.63, 3.8) is 0 Å². The molecule has 3 N–H and O–H groups in total. The van der Waals surface area contributed by atoms with Gasteiger partial charge in [0.1, 0.15) is 0 Å². The van der Waals surface area contributed by atoms with Crippen LogP contribution in [0.15, 0.2) is 0 Å². The molecule has 2 rings (SSSR count). The third kappa shape index (κ3) is 2.30. The summed E-state index contributed by atoms with van der Waals surface area (Å²) in [6, 6.07) is 0. The summed E-state index contributed by atoms with van der Waals surface area (Å²) in [5, 5.41) is 2.61. The minimum absolute atomic E-state index is 0.0191. The van der Waals surface area contributed by atoms with E-state index in [0.29, 0.717) is 11.8 Å². The van der Waals surface area contributed by atoms with E-state index < -0.39 is 5.91 Å². The van der Waals surface area contributed by atoms with Gasteiger partial charge in [0.25, 0.3) is 0 Å². The van der Waals surface area contributed by atoms with Gasteiger partial charge < -0.3 is 11.1 Å². The fraction of sp³-hybridized carbons (Fsp3) is 0.818. The van der Waals surface area contributed by atoms with Crippen molar-refractivity contribution in [2.75, 3.05) is 6.54 Å². The van der Waals surface area contributed by atoms with Gasteiger partial charge in [0.2, 0.25) is 11.8 Å². The monoisotopic (exact) mass is 210 g/mol. The Balaban J connectivity index is 1.80. The van der Waals surface area contributed by atoms with E-state index in [0.717, 1.165) is 0 Å². The SMILES string of the molecule is NC(=O)CNC(=O)C1C2CCCCCC21. The average molecular weight is 210 g/mol. The second-order valence-corrected chi connectivity index (χ2v) is 4.68. The van der Waals surface area contributed by atoms with Crippen molar-refractivity contribution in [2.45, 2.75) is 32.1 Å². The van der Waals surface area contributed by atoms with Gasteiger partial charge in [0.15, 0.2) is 0 Å². The summed E-state index contributed by atoms with van der Waals surface area (Å²) >= 11 is 0. The molecule has 4 heteroatoms. The molecule has 0 aromatic carbocycles. The van der Waals surface area contributed by atoms with Gasteiger partial charge in [-0.2, -0.15) is 0 Å². The summed E-state index contributed by atoms with van der Waals surface area (Å²) < 4.78 is 0. The fourth-order valence-corrected chi connectivity index (χ4v) is 2.85. The van der Waals surface area contributed by atoms with Crippen LogP contribution in [0, 0.1) is 17.8 Å². The van der Waals surface area contributed by atoms with E-state index in [-0.39, 0.29) is 18.4 Å². The molecule has 0 radical (unpaired) electrons. The highest BCUT2D eigenvalue weighted by Gasteiger charge is 2.53. The smallest absolute Gasteiger partial charge is 0.236 e. The van der Waals surface area contributed by atoms with Gasteiger partial charge in [0.05, 0.1) is 6.54 Å². The van der Waals surface area contributed by atoms with Crippen molar-refractivity contribution in [3.05, 3.63) is 0 Å². The number of fused-ring (bicyclic) bond motifs is 1. The molecule has 2 amide bonds. The minimum Gasteiger partial charge on any atom is -0.368 e. The summed E-state index contributed by atoms with van der Waals surface area (Å²) in [7, 11) is 0. The van der Waals surface area contributed by atoms with Gasteiger partial charge in [-0.1, -0.05) is 19.3 Å². The fourth-order valence-electron chi connectivity index (χ4n) is 2.85. The average Bonchev–Trinajstić information content (AvgIpc) is 2.88. The molecule has 2 aliphatic carbocycles. The maximum atomic E-state index is 11.7. The number of primary amides is 1. The first kappa shape index (κ1) is 10.5. The van der Waals surface area contributed by atoms with E-state index >= 15 is 0 Å². The van der Waals surface area contributed by atoms with Crippen LogP contribution >= 0.6 is 0 Å². The maximum Gasteiger partial charge on any atom is 0.236 e. The molecule has 2 atom stereocenters. The van der Waals surface area contributed by atoms with Crippen LogP contribution in [-0.4, -0.2) is 18.4 Å². The van der Waals surface area contributed by atoms with E-state index in [1.165, 1.54) is 32.1 Å². The van der Waals surface area contributed by atoms with Crippen molar-refractivity contribution < 1.29 is 9.59 Å². The predicted octanol–water partition coefficient (Wildman–Crippen LogP) is 0.414. The molecule has 0 spiro atoms. The van der Waals surface area contributed by atoms with Crippen molar-refractivity contribution >= 4 is 11.8 Å². The molecular weight excluding hydrogens is 192 g/mol. The van der Waals surface area contributed by atoms with Crippen molar-refractivity contribution in [1.82, 2.24) is 5.32 Å². The predicted molar refractivity (Wildman–Crippen MR) is 55.8 cm³/mol. The molecule has 0 aromatic heterocycles. The Morgan fingerprint density at radius 3 is 2.27 bits per heavy atom. The zero-order valence-corrected chi connectivity index (χ0v) is 8.87. The standard InChI is InChI=1S/C11H18N2O2/c12-9(14)6-13-11(15)10-7-4-2-1-3-5-8(7)10/h7-8,10H,1-6H2,(H2,12,14)(H,13,15). The highest BCUT2D eigenvalue weighted by molar-refractivity contribution is 5.86. The summed E-state index contributed by atoms with van der Waals surface area (Å²) in [5.41, 5.74) is 4.98. The Morgan fingerprint density at radius 1 is 1.13 bits per heavy atom. The molecule has 0 heterocycles. The first-order valence-corrected chi connectivity index (χ1v) is 5.76. The van der Waals surface area contributed by atoms with Crippen LogP contribution in [0.3, 0.4) is 0 Å². The molecule has 15 heavy (non-hydrogen) atoms. The number of carbonyl (C=O) groups is 2. The largest absolute Gasteiger partial charge is 0.368 e. The highest BCUT2D eigenvalue weighted by atomic mass is 16.2. The molecule has 2 fully saturated rings. The third-order valence-corrected chi connectivity index (χ3v) is 3.65. The molecule has 4 nitrogen and oxygen atoms in total.